The highest BCUT2D eigenvalue weighted by Crippen LogP contribution is 2.41. The van der Waals surface area contributed by atoms with Crippen molar-refractivity contribution in [1.29, 1.82) is 5.26 Å². The molecule has 3 aromatic rings. The number of rotatable bonds is 7. The summed E-state index contributed by atoms with van der Waals surface area (Å²) in [4.78, 5) is 10.8. The Bertz CT molecular complexity index is 1240. The predicted molar refractivity (Wildman–Crippen MR) is 139 cm³/mol. The monoisotopic (exact) mass is 504 g/mol. The van der Waals surface area contributed by atoms with Gasteiger partial charge in [0.2, 0.25) is 5.95 Å². The van der Waals surface area contributed by atoms with Gasteiger partial charge in [-0.15, -0.1) is 10.2 Å². The Morgan fingerprint density at radius 1 is 1.05 bits per heavy atom. The molecule has 9 nitrogen and oxygen atoms in total. The second-order valence-corrected chi connectivity index (χ2v) is 9.87. The number of hydrogen-bond donors (Lipinski definition) is 0. The third kappa shape index (κ3) is 5.58. The van der Waals surface area contributed by atoms with Gasteiger partial charge in [-0.25, -0.2) is 4.98 Å². The number of aryl methyl sites for hydroxylation is 1. The number of nitriles is 1. The number of piperidine rings is 1. The van der Waals surface area contributed by atoms with Crippen LogP contribution in [0.5, 0.6) is 5.75 Å². The number of benzene rings is 1. The van der Waals surface area contributed by atoms with Gasteiger partial charge in [0.1, 0.15) is 36.1 Å². The van der Waals surface area contributed by atoms with Gasteiger partial charge in [0.15, 0.2) is 0 Å². The zero-order chi connectivity index (χ0) is 25.8. The van der Waals surface area contributed by atoms with Crippen LogP contribution in [0.15, 0.2) is 36.8 Å². The maximum absolute atomic E-state index is 13.6. The lowest BCUT2D eigenvalue weighted by molar-refractivity contribution is 0.133. The molecular weight excluding hydrogens is 471 g/mol. The Labute approximate surface area is 217 Å². The largest absolute Gasteiger partial charge is 0.491 e. The zero-order valence-corrected chi connectivity index (χ0v) is 21.5. The van der Waals surface area contributed by atoms with E-state index in [9.17, 15) is 9.65 Å². The molecule has 4 heterocycles. The van der Waals surface area contributed by atoms with Gasteiger partial charge in [-0.2, -0.15) is 9.65 Å². The van der Waals surface area contributed by atoms with Crippen molar-refractivity contribution < 1.29 is 9.13 Å². The van der Waals surface area contributed by atoms with E-state index < -0.39 is 5.95 Å². The molecule has 10 heteroatoms. The zero-order valence-electron chi connectivity index (χ0n) is 21.5. The van der Waals surface area contributed by atoms with Crippen molar-refractivity contribution in [2.75, 3.05) is 64.4 Å². The van der Waals surface area contributed by atoms with Crippen LogP contribution in [-0.2, 0) is 7.05 Å². The summed E-state index contributed by atoms with van der Waals surface area (Å²) in [7, 11) is 4.11. The molecule has 0 amide bonds. The number of piperazine rings is 1. The average Bonchev–Trinajstić information content (AvgIpc) is 3.36. The number of pyridine rings is 1. The fourth-order valence-electron chi connectivity index (χ4n) is 5.28. The number of anilines is 1. The van der Waals surface area contributed by atoms with Crippen molar-refractivity contribution in [3.63, 3.8) is 0 Å². The van der Waals surface area contributed by atoms with Gasteiger partial charge in [-0.3, -0.25) is 4.90 Å². The molecular formula is C27H33FN8O. The molecule has 2 aliphatic rings. The minimum absolute atomic E-state index is 0.313. The summed E-state index contributed by atoms with van der Waals surface area (Å²) in [5.41, 5.74) is 2.96. The first-order valence-electron chi connectivity index (χ1n) is 12.8. The number of aromatic nitrogens is 4. The molecule has 1 aromatic carbocycles. The molecule has 2 aromatic heterocycles. The van der Waals surface area contributed by atoms with E-state index in [-0.39, 0.29) is 0 Å². The lowest BCUT2D eigenvalue weighted by Gasteiger charge is -2.35. The predicted octanol–water partition coefficient (Wildman–Crippen LogP) is 2.90. The highest BCUT2D eigenvalue weighted by atomic mass is 19.1. The van der Waals surface area contributed by atoms with Crippen LogP contribution in [0.4, 0.5) is 10.1 Å². The summed E-state index contributed by atoms with van der Waals surface area (Å²) in [6.07, 6.45) is 5.05. The highest BCUT2D eigenvalue weighted by molar-refractivity contribution is 5.85. The van der Waals surface area contributed by atoms with Crippen LogP contribution >= 0.6 is 0 Å². The number of likely N-dealkylation sites (N-methyl/N-ethyl adjacent to an activating group) is 1. The third-order valence-corrected chi connectivity index (χ3v) is 7.47. The Morgan fingerprint density at radius 2 is 1.84 bits per heavy atom. The molecule has 0 aliphatic carbocycles. The van der Waals surface area contributed by atoms with Crippen molar-refractivity contribution in [1.82, 2.24) is 29.5 Å². The molecule has 0 spiro atoms. The fourth-order valence-corrected chi connectivity index (χ4v) is 5.28. The Balaban J connectivity index is 1.39. The van der Waals surface area contributed by atoms with Gasteiger partial charge >= 0.3 is 0 Å². The van der Waals surface area contributed by atoms with Crippen LogP contribution in [-0.4, -0.2) is 89.0 Å². The molecule has 5 rings (SSSR count). The first-order chi connectivity index (χ1) is 18.0. The van der Waals surface area contributed by atoms with Crippen LogP contribution in [0, 0.1) is 17.3 Å². The average molecular weight is 505 g/mol. The summed E-state index contributed by atoms with van der Waals surface area (Å²) in [6, 6.07) is 9.30. The van der Waals surface area contributed by atoms with Gasteiger partial charge in [0.05, 0.1) is 5.69 Å². The Morgan fingerprint density at radius 3 is 2.49 bits per heavy atom. The Hall–Kier alpha value is -3.55. The smallest absolute Gasteiger partial charge is 0.212 e. The van der Waals surface area contributed by atoms with E-state index in [1.807, 2.05) is 23.7 Å². The summed E-state index contributed by atoms with van der Waals surface area (Å²) in [6.45, 7) is 7.01. The van der Waals surface area contributed by atoms with Gasteiger partial charge < -0.3 is 19.1 Å². The quantitative estimate of drug-likeness (QED) is 0.454. The topological polar surface area (TPSA) is 86.3 Å². The highest BCUT2D eigenvalue weighted by Gasteiger charge is 2.28. The van der Waals surface area contributed by atoms with E-state index in [4.69, 9.17) is 4.74 Å². The molecule has 0 unspecified atom stereocenters. The van der Waals surface area contributed by atoms with Gasteiger partial charge in [0.25, 0.3) is 0 Å². The summed E-state index contributed by atoms with van der Waals surface area (Å²) >= 11 is 0. The van der Waals surface area contributed by atoms with Crippen LogP contribution in [0.25, 0.3) is 11.1 Å². The number of hydrogen-bond acceptors (Lipinski definition) is 8. The molecule has 2 fully saturated rings. The summed E-state index contributed by atoms with van der Waals surface area (Å²) in [5.74, 6) is 1.36. The first kappa shape index (κ1) is 25.1. The van der Waals surface area contributed by atoms with Crippen molar-refractivity contribution in [3.05, 3.63) is 54.1 Å². The SMILES string of the molecule is CN1CCN(CCOc2ccc(-c3ccc(F)nc3)c(N3CCC(c4nncn4C)CC3)c2C#N)CC1. The summed E-state index contributed by atoms with van der Waals surface area (Å²) < 4.78 is 21.7. The van der Waals surface area contributed by atoms with Crippen LogP contribution in [0.2, 0.25) is 0 Å². The van der Waals surface area contributed by atoms with Crippen LogP contribution in [0.1, 0.15) is 30.1 Å². The van der Waals surface area contributed by atoms with E-state index in [2.05, 4.69) is 43.0 Å². The first-order valence-corrected chi connectivity index (χ1v) is 12.8. The maximum Gasteiger partial charge on any atom is 0.212 e. The fraction of sp³-hybridized carbons (Fsp3) is 0.481. The van der Waals surface area contributed by atoms with Gasteiger partial charge in [-0.1, -0.05) is 0 Å². The lowest BCUT2D eigenvalue weighted by Crippen LogP contribution is -2.45. The molecule has 0 radical (unpaired) electrons. The van der Waals surface area contributed by atoms with E-state index in [1.54, 1.807) is 12.4 Å². The summed E-state index contributed by atoms with van der Waals surface area (Å²) in [5, 5.41) is 18.6. The van der Waals surface area contributed by atoms with Crippen molar-refractivity contribution >= 4 is 5.69 Å². The normalized spacial score (nSPS) is 17.6. The van der Waals surface area contributed by atoms with E-state index in [0.717, 1.165) is 81.3 Å². The van der Waals surface area contributed by atoms with Crippen LogP contribution < -0.4 is 9.64 Å². The van der Waals surface area contributed by atoms with Crippen molar-refractivity contribution in [3.8, 4) is 22.9 Å². The van der Waals surface area contributed by atoms with E-state index in [0.29, 0.717) is 23.8 Å². The molecule has 2 saturated heterocycles. The second-order valence-electron chi connectivity index (χ2n) is 9.87. The molecule has 0 atom stereocenters. The van der Waals surface area contributed by atoms with E-state index >= 15 is 0 Å². The minimum Gasteiger partial charge on any atom is -0.491 e. The number of ether oxygens (including phenoxy) is 1. The molecule has 0 N–H and O–H groups in total. The molecule has 0 saturated carbocycles. The third-order valence-electron chi connectivity index (χ3n) is 7.47. The maximum atomic E-state index is 13.6. The van der Waals surface area contributed by atoms with E-state index in [1.165, 1.54) is 12.3 Å². The van der Waals surface area contributed by atoms with Gasteiger partial charge in [-0.05, 0) is 44.2 Å². The lowest BCUT2D eigenvalue weighted by atomic mass is 9.93. The Kier molecular flexibility index (Phi) is 7.63. The van der Waals surface area contributed by atoms with Crippen molar-refractivity contribution in [2.24, 2.45) is 7.05 Å². The second kappa shape index (κ2) is 11.2. The molecule has 194 valence electrons. The minimum atomic E-state index is -0.529. The molecule has 37 heavy (non-hydrogen) atoms. The number of halogens is 1. The molecule has 0 bridgehead atoms. The van der Waals surface area contributed by atoms with Crippen LogP contribution in [0.3, 0.4) is 0 Å². The van der Waals surface area contributed by atoms with Gasteiger partial charge in [0, 0.05) is 76.1 Å². The standard InChI is InChI=1S/C27H33FN8O/c1-33-11-13-35(14-12-33)15-16-37-24-5-4-22(21-3-6-25(28)30-18-21)26(23(24)17-29)36-9-7-20(8-10-36)27-32-31-19-34(27)2/h3-6,18-20H,7-16H2,1-2H3. The molecule has 2 aliphatic heterocycles. The van der Waals surface area contributed by atoms with Crippen molar-refractivity contribution in [2.45, 2.75) is 18.8 Å². The number of nitrogens with zero attached hydrogens (tertiary/aromatic N) is 8.